The first kappa shape index (κ1) is 19.4. The number of nitrogens with zero attached hydrogens (tertiary/aromatic N) is 1. The molecule has 2 heterocycles. The van der Waals surface area contributed by atoms with Gasteiger partial charge in [-0.05, 0) is 48.6 Å². The van der Waals surface area contributed by atoms with Crippen molar-refractivity contribution >= 4 is 5.78 Å². The normalized spacial score (nSPS) is 28.9. The smallest absolute Gasteiger partial charge is 0.174 e. The second-order valence-corrected chi connectivity index (χ2v) is 8.86. The van der Waals surface area contributed by atoms with E-state index in [1.54, 1.807) is 19.6 Å². The highest BCUT2D eigenvalue weighted by Gasteiger charge is 2.62. The van der Waals surface area contributed by atoms with Crippen LogP contribution in [0, 0.1) is 5.92 Å². The van der Waals surface area contributed by atoms with Crippen LogP contribution in [-0.4, -0.2) is 43.0 Å². The standard InChI is InChI=1S/C25H29NO4/c1-5-10-26(6-2)19-12-17-16(15-9-11-29-14-15)13-21(28-4)23-22(17)25(3)18(19)7-8-20(27)24(25)30-23/h5,9,11,13-14,18-19,24H,1,6-8,10,12H2,2-4H3/t18?,19?,24-,25-/m1/s1. The molecule has 0 spiro atoms. The molecule has 30 heavy (non-hydrogen) atoms. The number of rotatable bonds is 6. The molecule has 2 aliphatic carbocycles. The van der Waals surface area contributed by atoms with E-state index in [0.717, 1.165) is 42.8 Å². The molecular weight excluding hydrogens is 378 g/mol. The predicted octanol–water partition coefficient (Wildman–Crippen LogP) is 4.39. The predicted molar refractivity (Wildman–Crippen MR) is 115 cm³/mol. The highest BCUT2D eigenvalue weighted by Crippen LogP contribution is 2.61. The third-order valence-corrected chi connectivity index (χ3v) is 7.61. The second kappa shape index (κ2) is 7.02. The maximum absolute atomic E-state index is 13.0. The summed E-state index contributed by atoms with van der Waals surface area (Å²) in [5, 5.41) is 0. The third-order valence-electron chi connectivity index (χ3n) is 7.61. The van der Waals surface area contributed by atoms with E-state index in [4.69, 9.17) is 13.9 Å². The monoisotopic (exact) mass is 407 g/mol. The lowest BCUT2D eigenvalue weighted by atomic mass is 9.55. The first-order chi connectivity index (χ1) is 14.5. The minimum atomic E-state index is -0.441. The summed E-state index contributed by atoms with van der Waals surface area (Å²) in [5.41, 5.74) is 4.22. The van der Waals surface area contributed by atoms with Crippen LogP contribution in [0.15, 0.2) is 41.7 Å². The number of benzene rings is 1. The molecule has 0 bridgehead atoms. The molecule has 158 valence electrons. The zero-order valence-corrected chi connectivity index (χ0v) is 17.9. The van der Waals surface area contributed by atoms with Crippen molar-refractivity contribution in [2.45, 2.75) is 50.7 Å². The number of ether oxygens (including phenoxy) is 2. The van der Waals surface area contributed by atoms with Crippen molar-refractivity contribution in [1.29, 1.82) is 0 Å². The van der Waals surface area contributed by atoms with Gasteiger partial charge in [0.05, 0.1) is 19.6 Å². The Hall–Kier alpha value is -2.53. The van der Waals surface area contributed by atoms with E-state index in [-0.39, 0.29) is 11.2 Å². The maximum atomic E-state index is 13.0. The molecular formula is C25H29NO4. The van der Waals surface area contributed by atoms with Gasteiger partial charge in [-0.1, -0.05) is 19.9 Å². The van der Waals surface area contributed by atoms with E-state index < -0.39 is 6.10 Å². The molecule has 4 atom stereocenters. The molecule has 1 aliphatic heterocycles. The molecule has 1 aromatic heterocycles. The van der Waals surface area contributed by atoms with E-state index >= 15 is 0 Å². The van der Waals surface area contributed by atoms with Crippen molar-refractivity contribution in [2.24, 2.45) is 5.92 Å². The molecule has 5 nitrogen and oxygen atoms in total. The van der Waals surface area contributed by atoms with Crippen LogP contribution in [0.5, 0.6) is 11.5 Å². The maximum Gasteiger partial charge on any atom is 0.174 e. The Labute approximate surface area is 177 Å². The third kappa shape index (κ3) is 2.48. The molecule has 1 aromatic carbocycles. The molecule has 0 amide bonds. The Morgan fingerprint density at radius 2 is 2.27 bits per heavy atom. The summed E-state index contributed by atoms with van der Waals surface area (Å²) in [7, 11) is 1.67. The van der Waals surface area contributed by atoms with E-state index in [9.17, 15) is 4.79 Å². The Morgan fingerprint density at radius 3 is 2.93 bits per heavy atom. The number of furan rings is 1. The minimum Gasteiger partial charge on any atom is -0.493 e. The largest absolute Gasteiger partial charge is 0.493 e. The van der Waals surface area contributed by atoms with Gasteiger partial charge in [0.15, 0.2) is 23.4 Å². The molecule has 0 saturated heterocycles. The summed E-state index contributed by atoms with van der Waals surface area (Å²) in [6.45, 7) is 10.2. The quantitative estimate of drug-likeness (QED) is 0.665. The Balaban J connectivity index is 1.78. The Morgan fingerprint density at radius 1 is 1.43 bits per heavy atom. The van der Waals surface area contributed by atoms with E-state index in [0.29, 0.717) is 24.1 Å². The first-order valence-electron chi connectivity index (χ1n) is 10.9. The average Bonchev–Trinajstić information content (AvgIpc) is 3.38. The Bertz CT molecular complexity index is 995. The van der Waals surface area contributed by atoms with Crippen LogP contribution in [0.4, 0.5) is 0 Å². The molecule has 2 unspecified atom stereocenters. The fourth-order valence-corrected chi connectivity index (χ4v) is 6.28. The fraction of sp³-hybridized carbons (Fsp3) is 0.480. The fourth-order valence-electron chi connectivity index (χ4n) is 6.28. The van der Waals surface area contributed by atoms with Crippen molar-refractivity contribution in [2.75, 3.05) is 20.2 Å². The lowest BCUT2D eigenvalue weighted by Gasteiger charge is -2.51. The average molecular weight is 408 g/mol. The van der Waals surface area contributed by atoms with Gasteiger partial charge in [0, 0.05) is 35.5 Å². The van der Waals surface area contributed by atoms with Crippen molar-refractivity contribution in [3.8, 4) is 22.6 Å². The van der Waals surface area contributed by atoms with Crippen LogP contribution in [0.1, 0.15) is 37.8 Å². The van der Waals surface area contributed by atoms with Gasteiger partial charge in [-0.15, -0.1) is 6.58 Å². The molecule has 2 aromatic rings. The van der Waals surface area contributed by atoms with Crippen LogP contribution in [-0.2, 0) is 16.6 Å². The van der Waals surface area contributed by atoms with Crippen molar-refractivity contribution in [3.63, 3.8) is 0 Å². The summed E-state index contributed by atoms with van der Waals surface area (Å²) >= 11 is 0. The van der Waals surface area contributed by atoms with E-state index in [1.165, 1.54) is 11.1 Å². The zero-order valence-electron chi connectivity index (χ0n) is 17.9. The number of carbonyl (C=O) groups excluding carboxylic acids is 1. The van der Waals surface area contributed by atoms with Crippen molar-refractivity contribution in [3.05, 3.63) is 48.4 Å². The van der Waals surface area contributed by atoms with Crippen molar-refractivity contribution < 1.29 is 18.7 Å². The molecule has 5 rings (SSSR count). The number of likely N-dealkylation sites (N-methyl/N-ethyl adjacent to an activating group) is 1. The summed E-state index contributed by atoms with van der Waals surface area (Å²) in [5.74, 6) is 2.01. The lowest BCUT2D eigenvalue weighted by Crippen LogP contribution is -2.60. The van der Waals surface area contributed by atoms with Crippen molar-refractivity contribution in [1.82, 2.24) is 4.90 Å². The topological polar surface area (TPSA) is 51.9 Å². The second-order valence-electron chi connectivity index (χ2n) is 8.86. The Kier molecular flexibility index (Phi) is 4.55. The van der Waals surface area contributed by atoms with Gasteiger partial charge in [0.1, 0.15) is 0 Å². The van der Waals surface area contributed by atoms with Gasteiger partial charge in [0.25, 0.3) is 0 Å². The van der Waals surface area contributed by atoms with Gasteiger partial charge >= 0.3 is 0 Å². The molecule has 5 heteroatoms. The SMILES string of the molecule is C=CCN(CC)C1Cc2c(-c3ccoc3)cc(OC)c3c2[C@@]2(C)C1CCC(=O)[C@H]2O3. The van der Waals surface area contributed by atoms with Crippen LogP contribution < -0.4 is 9.47 Å². The number of ketones is 1. The number of Topliss-reactive ketones (excluding diaryl/α,β-unsaturated/α-hetero) is 1. The highest BCUT2D eigenvalue weighted by atomic mass is 16.5. The molecule has 1 saturated carbocycles. The number of carbonyl (C=O) groups is 1. The van der Waals surface area contributed by atoms with Gasteiger partial charge in [-0.25, -0.2) is 0 Å². The van der Waals surface area contributed by atoms with Gasteiger partial charge in [-0.2, -0.15) is 0 Å². The highest BCUT2D eigenvalue weighted by molar-refractivity contribution is 5.90. The molecule has 0 N–H and O–H groups in total. The first-order valence-corrected chi connectivity index (χ1v) is 10.9. The molecule has 0 radical (unpaired) electrons. The van der Waals surface area contributed by atoms with Crippen LogP contribution in [0.3, 0.4) is 0 Å². The molecule has 1 fully saturated rings. The molecule has 3 aliphatic rings. The van der Waals surface area contributed by atoms with E-state index in [2.05, 4.69) is 25.3 Å². The number of hydrogen-bond donors (Lipinski definition) is 0. The number of hydrogen-bond acceptors (Lipinski definition) is 5. The summed E-state index contributed by atoms with van der Waals surface area (Å²) in [4.78, 5) is 15.5. The van der Waals surface area contributed by atoms with Gasteiger partial charge < -0.3 is 13.9 Å². The number of methoxy groups -OCH3 is 1. The van der Waals surface area contributed by atoms with Gasteiger partial charge in [0.2, 0.25) is 0 Å². The van der Waals surface area contributed by atoms with E-state index in [1.807, 2.05) is 18.2 Å². The van der Waals surface area contributed by atoms with Crippen LogP contribution in [0.2, 0.25) is 0 Å². The lowest BCUT2D eigenvalue weighted by molar-refractivity contribution is -0.134. The minimum absolute atomic E-state index is 0.204. The van der Waals surface area contributed by atoms with Crippen LogP contribution in [0.25, 0.3) is 11.1 Å². The van der Waals surface area contributed by atoms with Crippen LogP contribution >= 0.6 is 0 Å². The summed E-state index contributed by atoms with van der Waals surface area (Å²) < 4.78 is 17.5. The summed E-state index contributed by atoms with van der Waals surface area (Å²) in [6.07, 6.45) is 7.41. The summed E-state index contributed by atoms with van der Waals surface area (Å²) in [6, 6.07) is 4.36. The zero-order chi connectivity index (χ0) is 21.0. The van der Waals surface area contributed by atoms with Gasteiger partial charge in [-0.3, -0.25) is 9.69 Å².